The van der Waals surface area contributed by atoms with E-state index in [0.29, 0.717) is 24.5 Å². The van der Waals surface area contributed by atoms with Gasteiger partial charge in [-0.1, -0.05) is 0 Å². The van der Waals surface area contributed by atoms with Gasteiger partial charge in [0.1, 0.15) is 12.0 Å². The van der Waals surface area contributed by atoms with Crippen LogP contribution in [-0.2, 0) is 4.74 Å². The van der Waals surface area contributed by atoms with Crippen LogP contribution in [0.2, 0.25) is 0 Å². The van der Waals surface area contributed by atoms with Crippen molar-refractivity contribution in [2.45, 2.75) is 37.5 Å². The van der Waals surface area contributed by atoms with Crippen molar-refractivity contribution in [2.24, 2.45) is 5.92 Å². The number of nitrogens with one attached hydrogen (secondary N) is 1. The minimum atomic E-state index is 0.101. The molecule has 4 heterocycles. The van der Waals surface area contributed by atoms with E-state index < -0.39 is 0 Å². The molecule has 0 bridgehead atoms. The lowest BCUT2D eigenvalue weighted by molar-refractivity contribution is 0.213. The van der Waals surface area contributed by atoms with E-state index in [-0.39, 0.29) is 6.04 Å². The Hall–Kier alpha value is -2.72. The molecule has 3 unspecified atom stereocenters. The Labute approximate surface area is 138 Å². The van der Waals surface area contributed by atoms with Crippen molar-refractivity contribution in [3.8, 4) is 17.3 Å². The highest BCUT2D eigenvalue weighted by Crippen LogP contribution is 2.47. The lowest BCUT2D eigenvalue weighted by Crippen LogP contribution is -2.19. The molecule has 1 aliphatic heterocycles. The topological polar surface area (TPSA) is 95.7 Å². The molecule has 7 heteroatoms. The summed E-state index contributed by atoms with van der Waals surface area (Å²) in [5.74, 6) is 0.457. The molecule has 3 aromatic heterocycles. The lowest BCUT2D eigenvalue weighted by atomic mass is 9.95. The lowest BCUT2D eigenvalue weighted by Gasteiger charge is -2.22. The van der Waals surface area contributed by atoms with Gasteiger partial charge in [0, 0.05) is 23.3 Å². The zero-order valence-corrected chi connectivity index (χ0v) is 13.0. The number of nitrogens with zero attached hydrogens (tertiary/aromatic N) is 5. The van der Waals surface area contributed by atoms with Gasteiger partial charge in [0.25, 0.3) is 0 Å². The van der Waals surface area contributed by atoms with E-state index in [0.717, 1.165) is 35.1 Å². The number of nitriles is 1. The zero-order chi connectivity index (χ0) is 16.1. The predicted molar refractivity (Wildman–Crippen MR) is 85.8 cm³/mol. The molecule has 1 saturated heterocycles. The second-order valence-electron chi connectivity index (χ2n) is 6.55. The largest absolute Gasteiger partial charge is 0.370 e. The first-order chi connectivity index (χ1) is 11.8. The number of H-pyrrole nitrogens is 1. The molecule has 1 aliphatic carbocycles. The van der Waals surface area contributed by atoms with E-state index >= 15 is 0 Å². The Bertz CT molecular complexity index is 928. The van der Waals surface area contributed by atoms with Crippen LogP contribution in [0.15, 0.2) is 31.0 Å². The molecule has 24 heavy (non-hydrogen) atoms. The van der Waals surface area contributed by atoms with E-state index in [2.05, 4.69) is 26.1 Å². The standard InChI is InChI=1S/C17H16N6O/c18-3-1-13(10-5-14-15(6-10)24-14)23-8-11(7-22-23)16-12-2-4-19-17(12)21-9-20-16/h2,4,7-10,13-15H,1,5-6H2,(H,19,20,21). The van der Waals surface area contributed by atoms with E-state index in [1.165, 1.54) is 0 Å². The normalized spacial score (nSPS) is 26.2. The van der Waals surface area contributed by atoms with Crippen molar-refractivity contribution in [1.29, 1.82) is 5.26 Å². The maximum atomic E-state index is 9.23. The molecule has 3 aromatic rings. The van der Waals surface area contributed by atoms with E-state index in [1.54, 1.807) is 6.33 Å². The molecule has 0 amide bonds. The SMILES string of the molecule is N#CCC(C1CC2OC2C1)n1cc(-c2ncnc3[nH]ccc23)cn1. The maximum absolute atomic E-state index is 9.23. The van der Waals surface area contributed by atoms with Gasteiger partial charge in [0.2, 0.25) is 0 Å². The van der Waals surface area contributed by atoms with Crippen LogP contribution in [0.25, 0.3) is 22.3 Å². The van der Waals surface area contributed by atoms with Crippen molar-refractivity contribution >= 4 is 11.0 Å². The number of aromatic amines is 1. The highest BCUT2D eigenvalue weighted by Gasteiger charge is 2.50. The third-order valence-corrected chi connectivity index (χ3v) is 5.17. The number of ether oxygens (including phenoxy) is 1. The van der Waals surface area contributed by atoms with Crippen molar-refractivity contribution < 1.29 is 4.74 Å². The monoisotopic (exact) mass is 320 g/mol. The van der Waals surface area contributed by atoms with Crippen molar-refractivity contribution in [1.82, 2.24) is 24.7 Å². The van der Waals surface area contributed by atoms with E-state index in [4.69, 9.17) is 4.74 Å². The number of rotatable bonds is 4. The molecular formula is C17H16N6O. The first kappa shape index (κ1) is 13.7. The Morgan fingerprint density at radius 1 is 1.38 bits per heavy atom. The van der Waals surface area contributed by atoms with Crippen LogP contribution in [0.5, 0.6) is 0 Å². The van der Waals surface area contributed by atoms with Gasteiger partial charge in [-0.25, -0.2) is 9.97 Å². The fourth-order valence-electron chi connectivity index (χ4n) is 3.91. The van der Waals surface area contributed by atoms with Gasteiger partial charge >= 0.3 is 0 Å². The smallest absolute Gasteiger partial charge is 0.141 e. The Kier molecular flexibility index (Phi) is 2.94. The molecule has 2 fully saturated rings. The third kappa shape index (κ3) is 2.11. The number of fused-ring (bicyclic) bond motifs is 2. The molecule has 5 rings (SSSR count). The van der Waals surface area contributed by atoms with Crippen LogP contribution in [-0.4, -0.2) is 36.9 Å². The molecule has 1 N–H and O–H groups in total. The number of hydrogen-bond donors (Lipinski definition) is 1. The maximum Gasteiger partial charge on any atom is 0.141 e. The van der Waals surface area contributed by atoms with Crippen LogP contribution in [0.4, 0.5) is 0 Å². The van der Waals surface area contributed by atoms with Crippen LogP contribution in [0, 0.1) is 17.2 Å². The van der Waals surface area contributed by atoms with E-state index in [9.17, 15) is 5.26 Å². The fourth-order valence-corrected chi connectivity index (χ4v) is 3.91. The summed E-state index contributed by atoms with van der Waals surface area (Å²) in [6, 6.07) is 4.38. The molecule has 7 nitrogen and oxygen atoms in total. The number of hydrogen-bond acceptors (Lipinski definition) is 5. The molecular weight excluding hydrogens is 304 g/mol. The van der Waals surface area contributed by atoms with Crippen molar-refractivity contribution in [2.75, 3.05) is 0 Å². The molecule has 0 spiro atoms. The molecule has 2 aliphatic rings. The quantitative estimate of drug-likeness (QED) is 0.745. The minimum absolute atomic E-state index is 0.101. The summed E-state index contributed by atoms with van der Waals surface area (Å²) in [5.41, 5.74) is 2.62. The Balaban J connectivity index is 1.49. The summed E-state index contributed by atoms with van der Waals surface area (Å²) in [6.45, 7) is 0. The highest BCUT2D eigenvalue weighted by molar-refractivity contribution is 5.89. The van der Waals surface area contributed by atoms with Crippen molar-refractivity contribution in [3.63, 3.8) is 0 Å². The summed E-state index contributed by atoms with van der Waals surface area (Å²) in [6.07, 6.45) is 10.6. The predicted octanol–water partition coefficient (Wildman–Crippen LogP) is 2.45. The van der Waals surface area contributed by atoms with Gasteiger partial charge in [0.05, 0.1) is 42.6 Å². The van der Waals surface area contributed by atoms with Crippen LogP contribution < -0.4 is 0 Å². The molecule has 1 saturated carbocycles. The number of aromatic nitrogens is 5. The summed E-state index contributed by atoms with van der Waals surface area (Å²) >= 11 is 0. The van der Waals surface area contributed by atoms with Crippen LogP contribution in [0.3, 0.4) is 0 Å². The van der Waals surface area contributed by atoms with Gasteiger partial charge in [-0.2, -0.15) is 10.4 Å². The third-order valence-electron chi connectivity index (χ3n) is 5.17. The molecule has 3 atom stereocenters. The van der Waals surface area contributed by atoms with Gasteiger partial charge < -0.3 is 9.72 Å². The fraction of sp³-hybridized carbons (Fsp3) is 0.412. The molecule has 0 radical (unpaired) electrons. The van der Waals surface area contributed by atoms with Gasteiger partial charge in [-0.05, 0) is 24.8 Å². The second-order valence-corrected chi connectivity index (χ2v) is 6.55. The van der Waals surface area contributed by atoms with E-state index in [1.807, 2.05) is 29.3 Å². The summed E-state index contributed by atoms with van der Waals surface area (Å²) in [5, 5.41) is 14.7. The van der Waals surface area contributed by atoms with Gasteiger partial charge in [-0.15, -0.1) is 0 Å². The van der Waals surface area contributed by atoms with Crippen LogP contribution >= 0.6 is 0 Å². The van der Waals surface area contributed by atoms with Crippen molar-refractivity contribution in [3.05, 3.63) is 31.0 Å². The number of epoxide rings is 1. The molecule has 0 aromatic carbocycles. The average Bonchev–Trinajstić information content (AvgIpc) is 3.07. The van der Waals surface area contributed by atoms with Gasteiger partial charge in [0.15, 0.2) is 0 Å². The van der Waals surface area contributed by atoms with Crippen LogP contribution in [0.1, 0.15) is 25.3 Å². The van der Waals surface area contributed by atoms with Gasteiger partial charge in [-0.3, -0.25) is 4.68 Å². The summed E-state index contributed by atoms with van der Waals surface area (Å²) in [7, 11) is 0. The highest BCUT2D eigenvalue weighted by atomic mass is 16.6. The first-order valence-electron chi connectivity index (χ1n) is 8.18. The minimum Gasteiger partial charge on any atom is -0.370 e. The molecule has 120 valence electrons. The Morgan fingerprint density at radius 2 is 2.25 bits per heavy atom. The average molecular weight is 320 g/mol. The zero-order valence-electron chi connectivity index (χ0n) is 13.0. The summed E-state index contributed by atoms with van der Waals surface area (Å²) in [4.78, 5) is 11.7. The Morgan fingerprint density at radius 3 is 3.08 bits per heavy atom. The summed E-state index contributed by atoms with van der Waals surface area (Å²) < 4.78 is 7.47. The first-order valence-corrected chi connectivity index (χ1v) is 8.18. The second kappa shape index (κ2) is 5.14.